The van der Waals surface area contributed by atoms with E-state index in [0.29, 0.717) is 11.5 Å². The van der Waals surface area contributed by atoms with Crippen molar-refractivity contribution < 1.29 is 13.7 Å². The third-order valence-electron chi connectivity index (χ3n) is 2.37. The van der Waals surface area contributed by atoms with Gasteiger partial charge >= 0.3 is 0 Å². The van der Waals surface area contributed by atoms with Crippen LogP contribution in [-0.2, 0) is 0 Å². The van der Waals surface area contributed by atoms with Gasteiger partial charge in [-0.2, -0.15) is 0 Å². The number of aromatic nitrogens is 1. The molecule has 0 spiro atoms. The topological polar surface area (TPSA) is 35.3 Å². The van der Waals surface area contributed by atoms with Gasteiger partial charge < -0.3 is 9.26 Å². The molecule has 0 bridgehead atoms. The fourth-order valence-corrected chi connectivity index (χ4v) is 1.53. The van der Waals surface area contributed by atoms with E-state index in [1.807, 2.05) is 0 Å². The number of ether oxygens (including phenoxy) is 1. The molecule has 1 atom stereocenters. The number of benzene rings is 1. The lowest BCUT2D eigenvalue weighted by molar-refractivity contribution is 0.384. The lowest BCUT2D eigenvalue weighted by Crippen LogP contribution is -1.88. The lowest BCUT2D eigenvalue weighted by atomic mass is 10.1. The van der Waals surface area contributed by atoms with E-state index in [2.05, 4.69) is 5.16 Å². The van der Waals surface area contributed by atoms with Crippen molar-refractivity contribution in [1.82, 2.24) is 5.16 Å². The zero-order chi connectivity index (χ0) is 12.4. The quantitative estimate of drug-likeness (QED) is 0.783. The number of halogens is 2. The van der Waals surface area contributed by atoms with E-state index in [1.54, 1.807) is 25.1 Å². The monoisotopic (exact) mass is 255 g/mol. The first-order valence-electron chi connectivity index (χ1n) is 5.06. The maximum absolute atomic E-state index is 13.2. The Morgan fingerprint density at radius 2 is 2.18 bits per heavy atom. The largest absolute Gasteiger partial charge is 0.494 e. The summed E-state index contributed by atoms with van der Waals surface area (Å²) in [6, 6.07) is 6.23. The predicted octanol–water partition coefficient (Wildman–Crippen LogP) is 3.79. The number of hydrogen-bond acceptors (Lipinski definition) is 3. The standard InChI is InChI=1S/C12H11ClFNO2/c1-7(13)11-6-10(15-17-11)8-3-4-9(14)12(5-8)16-2/h3-7H,1-2H3. The van der Waals surface area contributed by atoms with Crippen molar-refractivity contribution in [1.29, 1.82) is 0 Å². The molecule has 3 nitrogen and oxygen atoms in total. The molecule has 0 fully saturated rings. The van der Waals surface area contributed by atoms with Crippen LogP contribution in [0.5, 0.6) is 5.75 Å². The van der Waals surface area contributed by atoms with Gasteiger partial charge in [-0.15, -0.1) is 11.6 Å². The average molecular weight is 256 g/mol. The molecule has 1 heterocycles. The van der Waals surface area contributed by atoms with Crippen molar-refractivity contribution in [2.75, 3.05) is 7.11 Å². The first kappa shape index (κ1) is 11.9. The van der Waals surface area contributed by atoms with Crippen LogP contribution in [0.25, 0.3) is 11.3 Å². The SMILES string of the molecule is COc1cc(-c2cc(C(C)Cl)on2)ccc1F. The van der Waals surface area contributed by atoms with Crippen LogP contribution in [0.4, 0.5) is 4.39 Å². The molecule has 0 aliphatic rings. The summed E-state index contributed by atoms with van der Waals surface area (Å²) in [5, 5.41) is 3.62. The Bertz CT molecular complexity index is 525. The van der Waals surface area contributed by atoms with Crippen LogP contribution in [0.3, 0.4) is 0 Å². The maximum Gasteiger partial charge on any atom is 0.165 e. The third-order valence-corrected chi connectivity index (χ3v) is 2.58. The number of hydrogen-bond donors (Lipinski definition) is 0. The van der Waals surface area contributed by atoms with Crippen LogP contribution in [0.1, 0.15) is 18.1 Å². The highest BCUT2D eigenvalue weighted by Gasteiger charge is 2.12. The molecule has 0 saturated carbocycles. The Labute approximate surface area is 103 Å². The minimum absolute atomic E-state index is 0.172. The first-order valence-corrected chi connectivity index (χ1v) is 5.50. The van der Waals surface area contributed by atoms with Crippen molar-refractivity contribution >= 4 is 11.6 Å². The van der Waals surface area contributed by atoms with Gasteiger partial charge in [-0.1, -0.05) is 5.16 Å². The molecular weight excluding hydrogens is 245 g/mol. The zero-order valence-corrected chi connectivity index (χ0v) is 10.2. The summed E-state index contributed by atoms with van der Waals surface area (Å²) in [4.78, 5) is 0. The van der Waals surface area contributed by atoms with E-state index >= 15 is 0 Å². The van der Waals surface area contributed by atoms with Gasteiger partial charge in [-0.05, 0) is 25.1 Å². The second-order valence-corrected chi connectivity index (χ2v) is 4.23. The molecule has 5 heteroatoms. The molecule has 2 rings (SSSR count). The van der Waals surface area contributed by atoms with Crippen LogP contribution in [0.15, 0.2) is 28.8 Å². The van der Waals surface area contributed by atoms with Gasteiger partial charge in [0.05, 0.1) is 12.5 Å². The molecule has 0 saturated heterocycles. The summed E-state index contributed by atoms with van der Waals surface area (Å²) in [6.45, 7) is 1.79. The van der Waals surface area contributed by atoms with E-state index < -0.39 is 5.82 Å². The molecule has 17 heavy (non-hydrogen) atoms. The molecule has 0 aliphatic heterocycles. The molecule has 2 aromatic rings. The highest BCUT2D eigenvalue weighted by Crippen LogP contribution is 2.28. The van der Waals surface area contributed by atoms with Crippen LogP contribution in [0, 0.1) is 5.82 Å². The molecule has 90 valence electrons. The van der Waals surface area contributed by atoms with E-state index in [9.17, 15) is 4.39 Å². The average Bonchev–Trinajstić information content (AvgIpc) is 2.79. The van der Waals surface area contributed by atoms with Gasteiger partial charge in [-0.25, -0.2) is 4.39 Å². The Morgan fingerprint density at radius 1 is 1.41 bits per heavy atom. The molecule has 0 N–H and O–H groups in total. The minimum atomic E-state index is -0.411. The van der Waals surface area contributed by atoms with Gasteiger partial charge in [-0.3, -0.25) is 0 Å². The smallest absolute Gasteiger partial charge is 0.165 e. The van der Waals surface area contributed by atoms with Crippen molar-refractivity contribution in [3.8, 4) is 17.0 Å². The van der Waals surface area contributed by atoms with E-state index in [-0.39, 0.29) is 11.1 Å². The molecular formula is C12H11ClFNO2. The molecule has 1 unspecified atom stereocenters. The highest BCUT2D eigenvalue weighted by molar-refractivity contribution is 6.20. The third kappa shape index (κ3) is 2.42. The fourth-order valence-electron chi connectivity index (χ4n) is 1.43. The van der Waals surface area contributed by atoms with E-state index in [0.717, 1.165) is 5.56 Å². The molecule has 0 aliphatic carbocycles. The second kappa shape index (κ2) is 4.75. The van der Waals surface area contributed by atoms with Crippen molar-refractivity contribution in [3.05, 3.63) is 35.8 Å². The Balaban J connectivity index is 2.38. The fraction of sp³-hybridized carbons (Fsp3) is 0.250. The predicted molar refractivity (Wildman–Crippen MR) is 62.7 cm³/mol. The molecule has 1 aromatic heterocycles. The summed E-state index contributed by atoms with van der Waals surface area (Å²) in [5.41, 5.74) is 1.32. The van der Waals surface area contributed by atoms with Crippen LogP contribution in [-0.4, -0.2) is 12.3 Å². The lowest BCUT2D eigenvalue weighted by Gasteiger charge is -2.02. The number of nitrogens with zero attached hydrogens (tertiary/aromatic N) is 1. The Morgan fingerprint density at radius 3 is 2.76 bits per heavy atom. The Kier molecular flexibility index (Phi) is 3.33. The molecule has 0 radical (unpaired) electrons. The van der Waals surface area contributed by atoms with Crippen LogP contribution in [0.2, 0.25) is 0 Å². The highest BCUT2D eigenvalue weighted by atomic mass is 35.5. The Hall–Kier alpha value is -1.55. The molecule has 1 aromatic carbocycles. The summed E-state index contributed by atoms with van der Waals surface area (Å²) in [6.07, 6.45) is 0. The number of rotatable bonds is 3. The van der Waals surface area contributed by atoms with Gasteiger partial charge in [0.15, 0.2) is 17.3 Å². The van der Waals surface area contributed by atoms with E-state index in [1.165, 1.54) is 13.2 Å². The van der Waals surface area contributed by atoms with E-state index in [4.69, 9.17) is 20.9 Å². The van der Waals surface area contributed by atoms with Gasteiger partial charge in [0, 0.05) is 11.6 Å². The second-order valence-electron chi connectivity index (χ2n) is 3.58. The zero-order valence-electron chi connectivity index (χ0n) is 9.41. The van der Waals surface area contributed by atoms with Crippen molar-refractivity contribution in [3.63, 3.8) is 0 Å². The maximum atomic E-state index is 13.2. The number of methoxy groups -OCH3 is 1. The number of alkyl halides is 1. The van der Waals surface area contributed by atoms with Crippen LogP contribution < -0.4 is 4.74 Å². The first-order chi connectivity index (χ1) is 8.11. The summed E-state index contributed by atoms with van der Waals surface area (Å²) < 4.78 is 23.2. The summed E-state index contributed by atoms with van der Waals surface area (Å²) >= 11 is 5.87. The van der Waals surface area contributed by atoms with Gasteiger partial charge in [0.2, 0.25) is 0 Å². The summed E-state index contributed by atoms with van der Waals surface area (Å²) in [7, 11) is 1.41. The van der Waals surface area contributed by atoms with Crippen LogP contribution >= 0.6 is 11.6 Å². The minimum Gasteiger partial charge on any atom is -0.494 e. The van der Waals surface area contributed by atoms with Gasteiger partial charge in [0.25, 0.3) is 0 Å². The van der Waals surface area contributed by atoms with Gasteiger partial charge in [0.1, 0.15) is 5.69 Å². The molecule has 0 amide bonds. The summed E-state index contributed by atoms with van der Waals surface area (Å²) in [5.74, 6) is 0.335. The van der Waals surface area contributed by atoms with Crippen molar-refractivity contribution in [2.45, 2.75) is 12.3 Å². The van der Waals surface area contributed by atoms with Crippen molar-refractivity contribution in [2.24, 2.45) is 0 Å². The normalized spacial score (nSPS) is 12.5.